The smallest absolute Gasteiger partial charge is 0.387 e. The van der Waals surface area contributed by atoms with Crippen molar-refractivity contribution in [1.29, 1.82) is 0 Å². The van der Waals surface area contributed by atoms with Gasteiger partial charge < -0.3 is 14.2 Å². The van der Waals surface area contributed by atoms with Gasteiger partial charge >= 0.3 is 6.61 Å². The lowest BCUT2D eigenvalue weighted by Gasteiger charge is -2.12. The van der Waals surface area contributed by atoms with Crippen LogP contribution in [-0.2, 0) is 0 Å². The fourth-order valence-corrected chi connectivity index (χ4v) is 2.24. The van der Waals surface area contributed by atoms with Gasteiger partial charge in [0.15, 0.2) is 0 Å². The molecular weight excluding hydrogens is 330 g/mol. The van der Waals surface area contributed by atoms with Crippen molar-refractivity contribution in [2.24, 2.45) is 0 Å². The zero-order chi connectivity index (χ0) is 17.6. The lowest BCUT2D eigenvalue weighted by Crippen LogP contribution is -2.01. The predicted octanol–water partition coefficient (Wildman–Crippen LogP) is 4.55. The lowest BCUT2D eigenvalue weighted by molar-refractivity contribution is -0.0498. The monoisotopic (exact) mass is 344 g/mol. The summed E-state index contributed by atoms with van der Waals surface area (Å²) in [5, 5.41) is 0. The van der Waals surface area contributed by atoms with E-state index in [9.17, 15) is 8.78 Å². The normalized spacial score (nSPS) is 10.6. The fraction of sp³-hybridized carbons (Fsp3) is 0.111. The Bertz CT molecular complexity index is 842. The second-order valence-electron chi connectivity index (χ2n) is 4.88. The van der Waals surface area contributed by atoms with Gasteiger partial charge in [-0.2, -0.15) is 8.78 Å². The molecule has 0 N–H and O–H groups in total. The van der Waals surface area contributed by atoms with Crippen molar-refractivity contribution in [2.75, 3.05) is 7.11 Å². The zero-order valence-electron chi connectivity index (χ0n) is 13.2. The summed E-state index contributed by atoms with van der Waals surface area (Å²) in [6.07, 6.45) is 4.87. The summed E-state index contributed by atoms with van der Waals surface area (Å²) in [6.45, 7) is -2.87. The number of alkyl halides is 2. The molecule has 0 aliphatic carbocycles. The molecule has 0 radical (unpaired) electrons. The Morgan fingerprint density at radius 2 is 1.68 bits per heavy atom. The molecule has 25 heavy (non-hydrogen) atoms. The topological polar surface area (TPSA) is 53.5 Å². The first kappa shape index (κ1) is 16.6. The number of aromatic nitrogens is 2. The summed E-state index contributed by atoms with van der Waals surface area (Å²) in [6, 6.07) is 11.2. The van der Waals surface area contributed by atoms with Crippen molar-refractivity contribution in [3.05, 3.63) is 61.1 Å². The highest BCUT2D eigenvalue weighted by molar-refractivity contribution is 5.73. The second-order valence-corrected chi connectivity index (χ2v) is 4.88. The van der Waals surface area contributed by atoms with E-state index in [1.807, 2.05) is 6.07 Å². The van der Waals surface area contributed by atoms with E-state index in [2.05, 4.69) is 14.7 Å². The predicted molar refractivity (Wildman–Crippen MR) is 87.2 cm³/mol. The minimum Gasteiger partial charge on any atom is -0.496 e. The molecular formula is C18H14F2N2O3. The van der Waals surface area contributed by atoms with Gasteiger partial charge in [-0.1, -0.05) is 0 Å². The van der Waals surface area contributed by atoms with Crippen LogP contribution in [0, 0.1) is 0 Å². The van der Waals surface area contributed by atoms with Crippen molar-refractivity contribution in [1.82, 2.24) is 9.97 Å². The molecule has 3 rings (SSSR count). The standard InChI is InChI=1S/C18H14F2N2O3/c1-23-16-8-10-21-11-15(16)14-3-2-9-22-17(14)24-12-4-6-13(7-5-12)25-18(19)20/h2-11,18H,1H3. The largest absolute Gasteiger partial charge is 0.496 e. The molecule has 2 aromatic heterocycles. The molecule has 0 saturated carbocycles. The van der Waals surface area contributed by atoms with Crippen LogP contribution in [0.5, 0.6) is 23.1 Å². The van der Waals surface area contributed by atoms with Crippen LogP contribution in [0.2, 0.25) is 0 Å². The molecule has 0 fully saturated rings. The molecule has 0 amide bonds. The van der Waals surface area contributed by atoms with E-state index >= 15 is 0 Å². The molecule has 3 aromatic rings. The summed E-state index contributed by atoms with van der Waals surface area (Å²) >= 11 is 0. The van der Waals surface area contributed by atoms with Crippen LogP contribution in [0.15, 0.2) is 61.1 Å². The minimum atomic E-state index is -2.87. The van der Waals surface area contributed by atoms with Crippen LogP contribution in [0.4, 0.5) is 8.78 Å². The highest BCUT2D eigenvalue weighted by atomic mass is 19.3. The molecule has 0 unspecified atom stereocenters. The highest BCUT2D eigenvalue weighted by Gasteiger charge is 2.13. The maximum absolute atomic E-state index is 12.2. The van der Waals surface area contributed by atoms with Gasteiger partial charge in [0.05, 0.1) is 7.11 Å². The summed E-state index contributed by atoms with van der Waals surface area (Å²) < 4.78 is 39.8. The van der Waals surface area contributed by atoms with E-state index in [1.165, 1.54) is 24.3 Å². The second kappa shape index (κ2) is 7.57. The first-order chi connectivity index (χ1) is 12.2. The van der Waals surface area contributed by atoms with Gasteiger partial charge in [-0.3, -0.25) is 4.98 Å². The van der Waals surface area contributed by atoms with Crippen LogP contribution in [-0.4, -0.2) is 23.7 Å². The third kappa shape index (κ3) is 4.00. The van der Waals surface area contributed by atoms with Crippen molar-refractivity contribution in [3.63, 3.8) is 0 Å². The molecule has 0 saturated heterocycles. The van der Waals surface area contributed by atoms with Crippen LogP contribution < -0.4 is 14.2 Å². The number of pyridine rings is 2. The van der Waals surface area contributed by atoms with E-state index in [0.29, 0.717) is 22.9 Å². The quantitative estimate of drug-likeness (QED) is 0.657. The maximum Gasteiger partial charge on any atom is 0.387 e. The van der Waals surface area contributed by atoms with Gasteiger partial charge in [-0.25, -0.2) is 4.98 Å². The number of nitrogens with zero attached hydrogens (tertiary/aromatic N) is 2. The average molecular weight is 344 g/mol. The van der Waals surface area contributed by atoms with E-state index in [4.69, 9.17) is 9.47 Å². The van der Waals surface area contributed by atoms with E-state index in [-0.39, 0.29) is 5.75 Å². The molecule has 0 bridgehead atoms. The molecule has 0 aliphatic heterocycles. The number of hydrogen-bond donors (Lipinski definition) is 0. The summed E-state index contributed by atoms with van der Waals surface area (Å²) in [5.41, 5.74) is 1.42. The summed E-state index contributed by atoms with van der Waals surface area (Å²) in [4.78, 5) is 8.35. The number of methoxy groups -OCH3 is 1. The number of halogens is 2. The van der Waals surface area contributed by atoms with E-state index in [0.717, 1.165) is 5.56 Å². The van der Waals surface area contributed by atoms with Crippen LogP contribution >= 0.6 is 0 Å². The van der Waals surface area contributed by atoms with Crippen LogP contribution in [0.3, 0.4) is 0 Å². The maximum atomic E-state index is 12.2. The van der Waals surface area contributed by atoms with Gasteiger partial charge in [-0.05, 0) is 42.5 Å². The third-order valence-corrected chi connectivity index (χ3v) is 3.33. The first-order valence-corrected chi connectivity index (χ1v) is 7.33. The lowest BCUT2D eigenvalue weighted by atomic mass is 10.1. The van der Waals surface area contributed by atoms with Crippen LogP contribution in [0.25, 0.3) is 11.1 Å². The first-order valence-electron chi connectivity index (χ1n) is 7.33. The molecule has 1 aromatic carbocycles. The van der Waals surface area contributed by atoms with Gasteiger partial charge in [0.1, 0.15) is 17.2 Å². The molecule has 7 heteroatoms. The number of benzene rings is 1. The number of ether oxygens (including phenoxy) is 3. The Hall–Kier alpha value is -3.22. The average Bonchev–Trinajstić information content (AvgIpc) is 2.63. The highest BCUT2D eigenvalue weighted by Crippen LogP contribution is 2.36. The molecule has 5 nitrogen and oxygen atoms in total. The third-order valence-electron chi connectivity index (χ3n) is 3.33. The Morgan fingerprint density at radius 1 is 0.920 bits per heavy atom. The minimum absolute atomic E-state index is 0.0533. The van der Waals surface area contributed by atoms with Gasteiger partial charge in [0, 0.05) is 29.7 Å². The van der Waals surface area contributed by atoms with Crippen molar-refractivity contribution < 1.29 is 23.0 Å². The Labute approximate surface area is 142 Å². The van der Waals surface area contributed by atoms with Crippen LogP contribution in [0.1, 0.15) is 0 Å². The molecule has 128 valence electrons. The number of rotatable bonds is 6. The Morgan fingerprint density at radius 3 is 2.40 bits per heavy atom. The summed E-state index contributed by atoms with van der Waals surface area (Å²) in [7, 11) is 1.57. The van der Waals surface area contributed by atoms with Crippen molar-refractivity contribution >= 4 is 0 Å². The van der Waals surface area contributed by atoms with E-state index in [1.54, 1.807) is 37.8 Å². The Kier molecular flexibility index (Phi) is 5.03. The SMILES string of the molecule is COc1ccncc1-c1cccnc1Oc1ccc(OC(F)F)cc1. The van der Waals surface area contributed by atoms with Gasteiger partial charge in [0.25, 0.3) is 0 Å². The fourth-order valence-electron chi connectivity index (χ4n) is 2.24. The molecule has 0 spiro atoms. The Balaban J connectivity index is 1.89. The zero-order valence-corrected chi connectivity index (χ0v) is 13.2. The van der Waals surface area contributed by atoms with Crippen molar-refractivity contribution in [3.8, 4) is 34.3 Å². The van der Waals surface area contributed by atoms with Crippen molar-refractivity contribution in [2.45, 2.75) is 6.61 Å². The molecule has 0 aliphatic rings. The van der Waals surface area contributed by atoms with Gasteiger partial charge in [-0.15, -0.1) is 0 Å². The summed E-state index contributed by atoms with van der Waals surface area (Å²) in [5.74, 6) is 1.46. The van der Waals surface area contributed by atoms with Gasteiger partial charge in [0.2, 0.25) is 5.88 Å². The molecule has 0 atom stereocenters. The number of hydrogen-bond acceptors (Lipinski definition) is 5. The molecule has 2 heterocycles. The van der Waals surface area contributed by atoms with E-state index < -0.39 is 6.61 Å².